The van der Waals surface area contributed by atoms with Crippen LogP contribution in [0.25, 0.3) is 10.9 Å². The number of nitrogens with two attached hydrogens (primary N) is 1. The molecule has 0 unspecified atom stereocenters. The smallest absolute Gasteiger partial charge is 0.305 e. The van der Waals surface area contributed by atoms with Crippen molar-refractivity contribution >= 4 is 97.5 Å². The van der Waals surface area contributed by atoms with E-state index >= 15 is 14.4 Å². The molecular weight excluding hydrogens is 1160 g/mol. The number of hydrogen-bond acceptors (Lipinski definition) is 15. The third-order valence-corrected chi connectivity index (χ3v) is 18.4. The van der Waals surface area contributed by atoms with Crippen LogP contribution in [0.4, 0.5) is 0 Å². The molecular formula is C60H76N12O13S2. The van der Waals surface area contributed by atoms with E-state index in [1.165, 1.54) is 34.1 Å². The number of fused-ring (bicyclic) bond motifs is 8. The van der Waals surface area contributed by atoms with Gasteiger partial charge >= 0.3 is 5.97 Å². The van der Waals surface area contributed by atoms with Crippen molar-refractivity contribution in [1.82, 2.24) is 57.3 Å². The standard InChI is InChI=1S/C60H76N12O13S2/c1-33(2)50-60(85)72-25-11-18-48(72)59(84)71-24-10-17-47(71)58(83)67-44(29-49(74)75)55(80)68-45-31-86-87-32-46(57(82)70-50)69-53(78)42(27-35-19-21-37(73)22-20-35)64-51(76)40(16-8-9-23-61)63-54(79)43(28-36-30-62-39-15-7-6-14-38(36)39)66-52(77)41(65-56(45)81)26-34-12-4-3-5-13-34/h3-7,12-15,19-22,30,33,40-48,50,62,73H,8-11,16-18,23-29,31-32,61H2,1-2H3,(H,63,79)(H,64,76)(H,65,81)(H,66,77)(H,67,83)(H,68,80)(H,69,78)(H,70,82)(H,74,75)/t40-,41-,42-,43-,44-,45-,46-,47-,48+,50-/m0/s1. The Labute approximate surface area is 510 Å². The quantitative estimate of drug-likeness (QED) is 0.0638. The number of carbonyl (C=O) groups excluding carboxylic acids is 10. The molecule has 13 N–H and O–H groups in total. The summed E-state index contributed by atoms with van der Waals surface area (Å²) in [6, 6.07) is 7.63. The zero-order valence-electron chi connectivity index (χ0n) is 48.4. The number of hydrogen-bond donors (Lipinski definition) is 12. The minimum Gasteiger partial charge on any atom is -0.508 e. The highest BCUT2D eigenvalue weighted by Crippen LogP contribution is 2.29. The average Bonchev–Trinajstić information content (AvgIpc) is 2.96. The molecule has 25 nitrogen and oxygen atoms in total. The maximum atomic E-state index is 15.1. The van der Waals surface area contributed by atoms with Crippen LogP contribution >= 0.6 is 21.6 Å². The lowest BCUT2D eigenvalue weighted by Gasteiger charge is -2.34. The lowest BCUT2D eigenvalue weighted by atomic mass is 10.0. The van der Waals surface area contributed by atoms with Crippen LogP contribution in [-0.2, 0) is 72.0 Å². The number of carboxylic acids is 1. The molecule has 0 radical (unpaired) electrons. The van der Waals surface area contributed by atoms with Gasteiger partial charge in [0, 0.05) is 61.0 Å². The summed E-state index contributed by atoms with van der Waals surface area (Å²) in [7, 11) is 1.92. The lowest BCUT2D eigenvalue weighted by molar-refractivity contribution is -0.149. The van der Waals surface area contributed by atoms with Gasteiger partial charge in [0.05, 0.1) is 6.42 Å². The van der Waals surface area contributed by atoms with Crippen LogP contribution in [0, 0.1) is 5.92 Å². The number of aromatic nitrogens is 1. The van der Waals surface area contributed by atoms with Gasteiger partial charge in [-0.3, -0.25) is 52.7 Å². The van der Waals surface area contributed by atoms with Gasteiger partial charge in [-0.25, -0.2) is 0 Å². The Bertz CT molecular complexity index is 3170. The fourth-order valence-electron chi connectivity index (χ4n) is 11.2. The number of aromatic amines is 1. The molecule has 4 saturated heterocycles. The van der Waals surface area contributed by atoms with Gasteiger partial charge < -0.3 is 73.3 Å². The number of amides is 10. The highest BCUT2D eigenvalue weighted by molar-refractivity contribution is 8.76. The van der Waals surface area contributed by atoms with Gasteiger partial charge in [-0.05, 0) is 92.3 Å². The predicted octanol–water partition coefficient (Wildman–Crippen LogP) is 0.430. The van der Waals surface area contributed by atoms with E-state index in [1.54, 1.807) is 56.4 Å². The molecule has 2 bridgehead atoms. The monoisotopic (exact) mass is 1240 g/mol. The second kappa shape index (κ2) is 30.5. The molecule has 1 aromatic heterocycles. The summed E-state index contributed by atoms with van der Waals surface area (Å²) in [6.07, 6.45) is 2.13. The topological polar surface area (TPSA) is 373 Å². The minimum absolute atomic E-state index is 0.0124. The third kappa shape index (κ3) is 17.1. The first-order chi connectivity index (χ1) is 41.8. The van der Waals surface area contributed by atoms with Crippen molar-refractivity contribution in [1.29, 1.82) is 0 Å². The molecule has 0 spiro atoms. The summed E-state index contributed by atoms with van der Waals surface area (Å²) < 4.78 is 0. The number of aromatic hydroxyl groups is 1. The van der Waals surface area contributed by atoms with E-state index in [4.69, 9.17) is 5.73 Å². The Morgan fingerprint density at radius 2 is 1.07 bits per heavy atom. The maximum absolute atomic E-state index is 15.1. The summed E-state index contributed by atoms with van der Waals surface area (Å²) >= 11 is 0. The Morgan fingerprint density at radius 1 is 0.563 bits per heavy atom. The number of phenols is 1. The normalized spacial score (nSPS) is 26.3. The van der Waals surface area contributed by atoms with Gasteiger partial charge in [0.2, 0.25) is 59.1 Å². The highest BCUT2D eigenvalue weighted by Gasteiger charge is 2.46. The fourth-order valence-corrected chi connectivity index (χ4v) is 13.6. The number of aliphatic carboxylic acids is 1. The zero-order chi connectivity index (χ0) is 62.3. The Hall–Kier alpha value is -8.17. The molecule has 27 heteroatoms. The Balaban J connectivity index is 1.24. The van der Waals surface area contributed by atoms with Gasteiger partial charge in [0.25, 0.3) is 0 Å². The molecule has 5 heterocycles. The molecule has 3 aromatic carbocycles. The first-order valence-corrected chi connectivity index (χ1v) is 31.8. The van der Waals surface area contributed by atoms with E-state index in [-0.39, 0.29) is 75.4 Å². The number of para-hydroxylation sites is 1. The van der Waals surface area contributed by atoms with E-state index in [0.29, 0.717) is 42.4 Å². The van der Waals surface area contributed by atoms with Crippen LogP contribution in [0.1, 0.15) is 81.9 Å². The molecule has 8 rings (SSSR count). The number of benzene rings is 3. The fraction of sp³-hybridized carbons (Fsp3) is 0.483. The SMILES string of the molecule is CC(C)[C@@H]1NC(=O)[C@@H]2CSSC[C@H](NC(=O)[C@H](CC(=O)O)NC(=O)[C@@H]3CCCN3C(=O)[C@H]3CCCN3C1=O)C(=O)N[C@@H](Cc1ccccc1)C(=O)N[C@@H](Cc1c[nH]c3ccccc13)C(=O)N[C@@H](CCCCN)C(=O)N[C@@H](Cc1ccc(O)cc1)C(=O)N2. The van der Waals surface area contributed by atoms with Crippen molar-refractivity contribution in [2.24, 2.45) is 11.7 Å². The summed E-state index contributed by atoms with van der Waals surface area (Å²) in [6.45, 7) is 3.87. The van der Waals surface area contributed by atoms with Gasteiger partial charge in [0.15, 0.2) is 0 Å². The molecule has 466 valence electrons. The summed E-state index contributed by atoms with van der Waals surface area (Å²) in [5.74, 6) is -11.0. The molecule has 4 fully saturated rings. The van der Waals surface area contributed by atoms with Gasteiger partial charge in [-0.2, -0.15) is 0 Å². The highest BCUT2D eigenvalue weighted by atomic mass is 33.1. The van der Waals surface area contributed by atoms with Crippen LogP contribution in [0.5, 0.6) is 5.75 Å². The van der Waals surface area contributed by atoms with Crippen LogP contribution in [0.2, 0.25) is 0 Å². The molecule has 0 saturated carbocycles. The van der Waals surface area contributed by atoms with Crippen molar-refractivity contribution in [3.63, 3.8) is 0 Å². The van der Waals surface area contributed by atoms with E-state index in [2.05, 4.69) is 47.5 Å². The third-order valence-electron chi connectivity index (χ3n) is 16.0. The zero-order valence-corrected chi connectivity index (χ0v) is 50.1. The number of nitrogens with one attached hydrogen (secondary N) is 9. The van der Waals surface area contributed by atoms with Crippen LogP contribution in [0.15, 0.2) is 85.1 Å². The molecule has 10 atom stereocenters. The second-order valence-electron chi connectivity index (χ2n) is 22.6. The predicted molar refractivity (Wildman–Crippen MR) is 324 cm³/mol. The number of H-pyrrole nitrogens is 1. The van der Waals surface area contributed by atoms with Crippen molar-refractivity contribution in [3.8, 4) is 5.75 Å². The Kier molecular flexibility index (Phi) is 22.7. The molecule has 10 amide bonds. The second-order valence-corrected chi connectivity index (χ2v) is 25.2. The number of carboxylic acid groups (broad SMARTS) is 1. The number of phenolic OH excluding ortho intramolecular Hbond substituents is 1. The van der Waals surface area contributed by atoms with E-state index in [1.807, 2.05) is 18.2 Å². The van der Waals surface area contributed by atoms with E-state index in [9.17, 15) is 48.6 Å². The lowest BCUT2D eigenvalue weighted by Crippen LogP contribution is -2.62. The number of nitrogens with zero attached hydrogens (tertiary/aromatic N) is 2. The molecule has 0 aliphatic carbocycles. The molecule has 4 aliphatic rings. The van der Waals surface area contributed by atoms with Crippen molar-refractivity contribution in [2.75, 3.05) is 31.1 Å². The van der Waals surface area contributed by atoms with E-state index < -0.39 is 138 Å². The maximum Gasteiger partial charge on any atom is 0.305 e. The van der Waals surface area contributed by atoms with Crippen LogP contribution in [-0.4, -0.2) is 182 Å². The number of unbranched alkanes of at least 4 members (excludes halogenated alkanes) is 1. The molecule has 87 heavy (non-hydrogen) atoms. The van der Waals surface area contributed by atoms with Crippen molar-refractivity contribution in [3.05, 3.63) is 102 Å². The van der Waals surface area contributed by atoms with Crippen LogP contribution < -0.4 is 48.3 Å². The number of rotatable bonds is 13. The minimum atomic E-state index is -1.80. The van der Waals surface area contributed by atoms with Gasteiger partial charge in [0.1, 0.15) is 66.2 Å². The number of carbonyl (C=O) groups is 11. The largest absolute Gasteiger partial charge is 0.508 e. The summed E-state index contributed by atoms with van der Waals surface area (Å²) in [5.41, 5.74) is 8.28. The first-order valence-electron chi connectivity index (χ1n) is 29.4. The first kappa shape index (κ1) is 64.8. The average molecular weight is 1240 g/mol. The van der Waals surface area contributed by atoms with E-state index in [0.717, 1.165) is 32.5 Å². The summed E-state index contributed by atoms with van der Waals surface area (Å²) in [5, 5.41) is 43.0. The molecule has 4 aromatic rings. The Morgan fingerprint density at radius 3 is 1.69 bits per heavy atom. The van der Waals surface area contributed by atoms with Gasteiger partial charge in [-0.15, -0.1) is 0 Å². The summed E-state index contributed by atoms with van der Waals surface area (Å²) in [4.78, 5) is 166. The van der Waals surface area contributed by atoms with Crippen LogP contribution in [0.3, 0.4) is 0 Å². The van der Waals surface area contributed by atoms with Crippen molar-refractivity contribution in [2.45, 2.75) is 145 Å². The van der Waals surface area contributed by atoms with Gasteiger partial charge in [-0.1, -0.05) is 96.1 Å². The van der Waals surface area contributed by atoms with Crippen molar-refractivity contribution < 1.29 is 63.0 Å². The molecule has 4 aliphatic heterocycles.